The van der Waals surface area contributed by atoms with E-state index in [0.717, 1.165) is 77.0 Å². The Morgan fingerprint density at radius 1 is 0.340 bits per heavy atom. The van der Waals surface area contributed by atoms with Crippen molar-refractivity contribution in [3.05, 3.63) is 122 Å². The van der Waals surface area contributed by atoms with Gasteiger partial charge in [-0.25, -0.2) is 0 Å². The lowest BCUT2D eigenvalue weighted by molar-refractivity contribution is -0.870. The average Bonchev–Trinajstić information content (AvgIpc) is 1.65. The maximum absolute atomic E-state index is 12.8. The van der Waals surface area contributed by atoms with Crippen molar-refractivity contribution in [3.8, 4) is 0 Å². The zero-order chi connectivity index (χ0) is 68.3. The Bertz CT molecular complexity index is 2010. The van der Waals surface area contributed by atoms with E-state index in [1.54, 1.807) is 0 Å². The first-order chi connectivity index (χ1) is 46.0. The van der Waals surface area contributed by atoms with E-state index in [0.29, 0.717) is 23.9 Å². The van der Waals surface area contributed by atoms with Crippen molar-refractivity contribution >= 4 is 19.8 Å². The fraction of sp³-hybridized carbons (Fsp3) is 0.738. The molecule has 2 atom stereocenters. The van der Waals surface area contributed by atoms with Gasteiger partial charge in [0.2, 0.25) is 0 Å². The predicted octanol–water partition coefficient (Wildman–Crippen LogP) is 25.5. The highest BCUT2D eigenvalue weighted by Crippen LogP contribution is 2.38. The number of nitrogens with zero attached hydrogens (tertiary/aromatic N) is 1. The minimum absolute atomic E-state index is 0.0466. The Kier molecular flexibility index (Phi) is 70.8. The average molecular weight is 1330 g/mol. The molecule has 0 aliphatic heterocycles. The van der Waals surface area contributed by atoms with Crippen LogP contribution in [-0.2, 0) is 32.7 Å². The number of phosphoric ester groups is 1. The first-order valence-corrected chi connectivity index (χ1v) is 40.7. The number of carbonyl (C=O) groups excluding carboxylic acids is 2. The van der Waals surface area contributed by atoms with Crippen LogP contribution in [0.2, 0.25) is 0 Å². The summed E-state index contributed by atoms with van der Waals surface area (Å²) in [6.45, 7) is 4.09. The summed E-state index contributed by atoms with van der Waals surface area (Å²) in [5.74, 6) is -0.899. The summed E-state index contributed by atoms with van der Waals surface area (Å²) in [6, 6.07) is 0. The third-order valence-electron chi connectivity index (χ3n) is 17.0. The second-order valence-corrected chi connectivity index (χ2v) is 28.8. The van der Waals surface area contributed by atoms with Crippen LogP contribution in [0.4, 0.5) is 0 Å². The van der Waals surface area contributed by atoms with Gasteiger partial charge in [-0.3, -0.25) is 14.2 Å². The number of esters is 2. The molecule has 0 rings (SSSR count). The van der Waals surface area contributed by atoms with Gasteiger partial charge in [-0.1, -0.05) is 354 Å². The quantitative estimate of drug-likeness (QED) is 0.0195. The largest absolute Gasteiger partial charge is 0.756 e. The molecule has 2 unspecified atom stereocenters. The zero-order valence-electron chi connectivity index (χ0n) is 61.9. The van der Waals surface area contributed by atoms with Gasteiger partial charge in [0, 0.05) is 12.8 Å². The summed E-state index contributed by atoms with van der Waals surface area (Å²) in [7, 11) is 1.12. The number of rotatable bonds is 72. The molecular formula is C84H148NO8P. The van der Waals surface area contributed by atoms with E-state index in [9.17, 15) is 19.0 Å². The monoisotopic (exact) mass is 1330 g/mol. The number of likely N-dealkylation sites (N-methyl/N-ethyl adjacent to an activating group) is 1. The van der Waals surface area contributed by atoms with E-state index in [1.165, 1.54) is 231 Å². The van der Waals surface area contributed by atoms with Crippen molar-refractivity contribution < 1.29 is 42.1 Å². The molecule has 0 aromatic rings. The van der Waals surface area contributed by atoms with Gasteiger partial charge in [0.1, 0.15) is 19.8 Å². The number of unbranched alkanes of at least 4 members (excludes halogenated alkanes) is 38. The van der Waals surface area contributed by atoms with Crippen molar-refractivity contribution in [2.45, 2.75) is 354 Å². The number of ether oxygens (including phenoxy) is 2. The lowest BCUT2D eigenvalue weighted by Gasteiger charge is -2.28. The number of carbonyl (C=O) groups is 2. The molecule has 0 saturated heterocycles. The first-order valence-electron chi connectivity index (χ1n) is 39.2. The zero-order valence-corrected chi connectivity index (χ0v) is 62.8. The molecule has 0 spiro atoms. The molecule has 10 heteroatoms. The Morgan fingerprint density at radius 3 is 0.947 bits per heavy atom. The van der Waals surface area contributed by atoms with Crippen LogP contribution in [0.1, 0.15) is 348 Å². The van der Waals surface area contributed by atoms with Crippen molar-refractivity contribution in [1.82, 2.24) is 0 Å². The second-order valence-electron chi connectivity index (χ2n) is 27.3. The summed E-state index contributed by atoms with van der Waals surface area (Å²) < 4.78 is 34.3. The summed E-state index contributed by atoms with van der Waals surface area (Å²) >= 11 is 0. The summed E-state index contributed by atoms with van der Waals surface area (Å²) in [6.07, 6.45) is 106. The highest BCUT2D eigenvalue weighted by Gasteiger charge is 2.22. The van der Waals surface area contributed by atoms with Crippen LogP contribution < -0.4 is 4.89 Å². The van der Waals surface area contributed by atoms with Gasteiger partial charge in [0.05, 0.1) is 27.7 Å². The summed E-state index contributed by atoms with van der Waals surface area (Å²) in [4.78, 5) is 38.1. The van der Waals surface area contributed by atoms with Crippen LogP contribution in [0.15, 0.2) is 122 Å². The molecule has 0 saturated carbocycles. The Hall–Kier alpha value is -3.59. The van der Waals surface area contributed by atoms with Crippen molar-refractivity contribution in [1.29, 1.82) is 0 Å². The Morgan fingerprint density at radius 2 is 0.617 bits per heavy atom. The smallest absolute Gasteiger partial charge is 0.306 e. The van der Waals surface area contributed by atoms with E-state index in [-0.39, 0.29) is 26.1 Å². The van der Waals surface area contributed by atoms with Crippen molar-refractivity contribution in [3.63, 3.8) is 0 Å². The van der Waals surface area contributed by atoms with Crippen LogP contribution in [0.25, 0.3) is 0 Å². The molecular weight excluding hydrogens is 1180 g/mol. The molecule has 0 radical (unpaired) electrons. The molecule has 0 bridgehead atoms. The van der Waals surface area contributed by atoms with E-state index < -0.39 is 32.5 Å². The number of hydrogen-bond donors (Lipinski definition) is 0. The van der Waals surface area contributed by atoms with Crippen LogP contribution >= 0.6 is 7.82 Å². The van der Waals surface area contributed by atoms with Gasteiger partial charge in [-0.2, -0.15) is 0 Å². The topological polar surface area (TPSA) is 111 Å². The van der Waals surface area contributed by atoms with Gasteiger partial charge in [0.25, 0.3) is 7.82 Å². The maximum atomic E-state index is 12.8. The van der Waals surface area contributed by atoms with Crippen LogP contribution in [0.3, 0.4) is 0 Å². The highest BCUT2D eigenvalue weighted by atomic mass is 31.2. The fourth-order valence-electron chi connectivity index (χ4n) is 11.0. The van der Waals surface area contributed by atoms with Gasteiger partial charge in [-0.05, 0) is 103 Å². The normalized spacial score (nSPS) is 13.7. The molecule has 0 heterocycles. The predicted molar refractivity (Wildman–Crippen MR) is 406 cm³/mol. The van der Waals surface area contributed by atoms with Crippen LogP contribution in [0.5, 0.6) is 0 Å². The molecule has 0 amide bonds. The van der Waals surface area contributed by atoms with E-state index in [4.69, 9.17) is 18.5 Å². The highest BCUT2D eigenvalue weighted by molar-refractivity contribution is 7.45. The lowest BCUT2D eigenvalue weighted by Crippen LogP contribution is -2.37. The van der Waals surface area contributed by atoms with Gasteiger partial charge in [0.15, 0.2) is 6.10 Å². The number of phosphoric acid groups is 1. The second kappa shape index (κ2) is 73.7. The molecule has 0 aliphatic carbocycles. The molecule has 0 aromatic heterocycles. The molecule has 9 nitrogen and oxygen atoms in total. The fourth-order valence-corrected chi connectivity index (χ4v) is 11.7. The van der Waals surface area contributed by atoms with Crippen molar-refractivity contribution in [2.24, 2.45) is 0 Å². The number of allylic oxidation sites excluding steroid dienone is 20. The van der Waals surface area contributed by atoms with Crippen LogP contribution in [-0.4, -0.2) is 70.0 Å². The third-order valence-corrected chi connectivity index (χ3v) is 17.9. The minimum atomic E-state index is -4.67. The summed E-state index contributed by atoms with van der Waals surface area (Å²) in [5.41, 5.74) is 0. The molecule has 0 fully saturated rings. The summed E-state index contributed by atoms with van der Waals surface area (Å²) in [5, 5.41) is 0. The molecule has 0 aliphatic rings. The third kappa shape index (κ3) is 77.4. The van der Waals surface area contributed by atoms with Crippen molar-refractivity contribution in [2.75, 3.05) is 47.5 Å². The Balaban J connectivity index is 4.00. The number of quaternary nitrogens is 1. The molecule has 0 aromatic carbocycles. The first kappa shape index (κ1) is 90.4. The number of hydrogen-bond acceptors (Lipinski definition) is 8. The standard InChI is InChI=1S/C84H148NO8P/c1-6-8-10-12-14-16-18-20-22-24-26-28-30-32-34-36-37-38-39-40-41-42-43-44-45-46-47-49-50-52-54-56-58-60-62-64-66-68-70-72-74-76-83(86)90-80-82(81-92-94(88,89)91-79-78-85(3,4)5)93-84(87)77-75-73-71-69-67-65-63-61-59-57-55-53-51-48-35-33-31-29-27-25-23-21-19-17-15-13-11-9-7-2/h9,11,15,17,21,23-24,26-27,29,33,35,51,53,57,59,63,65,69,71,82H,6-8,10,12-14,16,18-20,22,25,28,30-32,34,36-50,52,54-56,58,60-62,64,66-68,70,72-81H2,1-5H3/b11-9-,17-15-,23-21-,26-24-,29-27-,35-33-,53-51-,59-57-,65-63-,71-69-. The van der Waals surface area contributed by atoms with Gasteiger partial charge < -0.3 is 27.9 Å². The van der Waals surface area contributed by atoms with Crippen LogP contribution in [0, 0.1) is 0 Å². The Labute approximate surface area is 581 Å². The SMILES string of the molecule is CC/C=C\C/C=C\C/C=C\C/C=C\C/C=C\C/C=C\C/C=C\C/C=C\C/C=C\CCCC(=O)OC(COC(=O)CCCCCCCCCCCCCCCCCCCCCCCCCCCCCCC/C=C\CCCCCCCCCC)COP(=O)([O-])OCC[N+](C)(C)C. The minimum Gasteiger partial charge on any atom is -0.756 e. The van der Waals surface area contributed by atoms with E-state index in [2.05, 4.69) is 129 Å². The molecule has 542 valence electrons. The van der Waals surface area contributed by atoms with Gasteiger partial charge in [-0.15, -0.1) is 0 Å². The van der Waals surface area contributed by atoms with E-state index >= 15 is 0 Å². The molecule has 94 heavy (non-hydrogen) atoms. The lowest BCUT2D eigenvalue weighted by atomic mass is 10.0. The van der Waals surface area contributed by atoms with E-state index in [1.807, 2.05) is 27.2 Å². The maximum Gasteiger partial charge on any atom is 0.306 e. The van der Waals surface area contributed by atoms with Gasteiger partial charge >= 0.3 is 11.9 Å². The molecule has 0 N–H and O–H groups in total.